The number of nitrogens with two attached hydrogens (primary N) is 1. The molecule has 3 heteroatoms. The van der Waals surface area contributed by atoms with Gasteiger partial charge in [0.15, 0.2) is 0 Å². The van der Waals surface area contributed by atoms with Gasteiger partial charge in [-0.1, -0.05) is 17.7 Å². The van der Waals surface area contributed by atoms with Crippen molar-refractivity contribution in [3.8, 4) is 5.75 Å². The fraction of sp³-hybridized carbons (Fsp3) is 0.455. The minimum atomic E-state index is -0.153. The van der Waals surface area contributed by atoms with Crippen molar-refractivity contribution in [1.29, 1.82) is 0 Å². The fourth-order valence-electron chi connectivity index (χ4n) is 1.81. The highest BCUT2D eigenvalue weighted by molar-refractivity contribution is 5.40. The number of aliphatic hydroxyl groups excluding tert-OH is 1. The summed E-state index contributed by atoms with van der Waals surface area (Å²) in [6, 6.07) is 5.95. The molecule has 0 aromatic heterocycles. The first kappa shape index (κ1) is 9.49. The van der Waals surface area contributed by atoms with Gasteiger partial charge in [-0.3, -0.25) is 0 Å². The lowest BCUT2D eigenvalue weighted by atomic mass is 9.96. The van der Waals surface area contributed by atoms with Crippen LogP contribution in [0.3, 0.4) is 0 Å². The van der Waals surface area contributed by atoms with Crippen LogP contribution in [0.25, 0.3) is 0 Å². The lowest BCUT2D eigenvalue weighted by Crippen LogP contribution is -2.32. The standard InChI is InChI=1S/C11H15NO2/c1-7-2-3-11-9(4-7)10(12)5-8(6-13)14-11/h2-4,8,10,13H,5-6,12H2,1H3/t8?,10-/m1/s1. The predicted octanol–water partition coefficient (Wildman–Crippen LogP) is 1.14. The zero-order valence-corrected chi connectivity index (χ0v) is 8.23. The van der Waals surface area contributed by atoms with Crippen molar-refractivity contribution < 1.29 is 9.84 Å². The van der Waals surface area contributed by atoms with Crippen LogP contribution in [0.5, 0.6) is 5.75 Å². The van der Waals surface area contributed by atoms with E-state index in [1.54, 1.807) is 0 Å². The number of aryl methyl sites for hydroxylation is 1. The molecule has 1 aromatic rings. The molecule has 1 aromatic carbocycles. The van der Waals surface area contributed by atoms with Crippen molar-refractivity contribution in [3.63, 3.8) is 0 Å². The quantitative estimate of drug-likeness (QED) is 0.703. The van der Waals surface area contributed by atoms with Gasteiger partial charge in [-0.25, -0.2) is 0 Å². The second kappa shape index (κ2) is 3.59. The van der Waals surface area contributed by atoms with E-state index in [1.807, 2.05) is 25.1 Å². The molecule has 0 saturated heterocycles. The lowest BCUT2D eigenvalue weighted by Gasteiger charge is -2.29. The highest BCUT2D eigenvalue weighted by Gasteiger charge is 2.24. The van der Waals surface area contributed by atoms with Gasteiger partial charge in [-0.2, -0.15) is 0 Å². The molecule has 0 bridgehead atoms. The monoisotopic (exact) mass is 193 g/mol. The third-order valence-electron chi connectivity index (χ3n) is 2.58. The van der Waals surface area contributed by atoms with Crippen LogP contribution < -0.4 is 10.5 Å². The summed E-state index contributed by atoms with van der Waals surface area (Å²) in [7, 11) is 0. The molecule has 0 amide bonds. The molecule has 0 fully saturated rings. The second-order valence-electron chi connectivity index (χ2n) is 3.81. The van der Waals surface area contributed by atoms with E-state index >= 15 is 0 Å². The topological polar surface area (TPSA) is 55.5 Å². The van der Waals surface area contributed by atoms with E-state index in [4.69, 9.17) is 15.6 Å². The number of ether oxygens (including phenoxy) is 1. The van der Waals surface area contributed by atoms with E-state index in [0.29, 0.717) is 6.42 Å². The molecule has 76 valence electrons. The third kappa shape index (κ3) is 1.61. The molecule has 2 rings (SSSR count). The van der Waals surface area contributed by atoms with Crippen LogP contribution in [0.1, 0.15) is 23.6 Å². The van der Waals surface area contributed by atoms with Crippen molar-refractivity contribution >= 4 is 0 Å². The Labute approximate surface area is 83.5 Å². The average Bonchev–Trinajstić information content (AvgIpc) is 2.19. The van der Waals surface area contributed by atoms with Gasteiger partial charge in [0.1, 0.15) is 11.9 Å². The summed E-state index contributed by atoms with van der Waals surface area (Å²) in [6.07, 6.45) is 0.535. The zero-order chi connectivity index (χ0) is 10.1. The first-order valence-corrected chi connectivity index (χ1v) is 4.84. The molecule has 2 atom stereocenters. The summed E-state index contributed by atoms with van der Waals surface area (Å²) in [5.74, 6) is 0.813. The van der Waals surface area contributed by atoms with Crippen LogP contribution in [0, 0.1) is 6.92 Å². The maximum absolute atomic E-state index is 9.01. The van der Waals surface area contributed by atoms with Crippen molar-refractivity contribution in [2.45, 2.75) is 25.5 Å². The van der Waals surface area contributed by atoms with Crippen LogP contribution >= 0.6 is 0 Å². The molecule has 1 heterocycles. The summed E-state index contributed by atoms with van der Waals surface area (Å²) >= 11 is 0. The maximum Gasteiger partial charge on any atom is 0.124 e. The minimum absolute atomic E-state index is 0.0178. The number of hydrogen-bond donors (Lipinski definition) is 2. The molecule has 0 aliphatic carbocycles. The Morgan fingerprint density at radius 1 is 1.57 bits per heavy atom. The highest BCUT2D eigenvalue weighted by Crippen LogP contribution is 2.33. The zero-order valence-electron chi connectivity index (χ0n) is 8.23. The molecule has 0 radical (unpaired) electrons. The Bertz CT molecular complexity index is 338. The first-order valence-electron chi connectivity index (χ1n) is 4.84. The average molecular weight is 193 g/mol. The summed E-state index contributed by atoms with van der Waals surface area (Å²) in [5, 5.41) is 9.01. The first-order chi connectivity index (χ1) is 6.70. The SMILES string of the molecule is Cc1ccc2c(c1)[C@H](N)CC(CO)O2. The molecule has 1 aliphatic rings. The Morgan fingerprint density at radius 2 is 2.36 bits per heavy atom. The number of hydrogen-bond acceptors (Lipinski definition) is 3. The lowest BCUT2D eigenvalue weighted by molar-refractivity contribution is 0.0888. The number of aliphatic hydroxyl groups is 1. The Hall–Kier alpha value is -1.06. The molecule has 1 unspecified atom stereocenters. The minimum Gasteiger partial charge on any atom is -0.488 e. The molecular weight excluding hydrogens is 178 g/mol. The van der Waals surface area contributed by atoms with Crippen molar-refractivity contribution in [1.82, 2.24) is 0 Å². The van der Waals surface area contributed by atoms with E-state index in [1.165, 1.54) is 5.56 Å². The van der Waals surface area contributed by atoms with Crippen LogP contribution in [-0.4, -0.2) is 17.8 Å². The van der Waals surface area contributed by atoms with Gasteiger partial charge in [0, 0.05) is 18.0 Å². The van der Waals surface area contributed by atoms with Gasteiger partial charge in [-0.05, 0) is 13.0 Å². The van der Waals surface area contributed by atoms with Gasteiger partial charge >= 0.3 is 0 Å². The summed E-state index contributed by atoms with van der Waals surface area (Å²) < 4.78 is 5.58. The largest absolute Gasteiger partial charge is 0.488 e. The number of rotatable bonds is 1. The summed E-state index contributed by atoms with van der Waals surface area (Å²) in [5.41, 5.74) is 8.23. The van der Waals surface area contributed by atoms with Crippen LogP contribution in [0.4, 0.5) is 0 Å². The van der Waals surface area contributed by atoms with Gasteiger partial charge < -0.3 is 15.6 Å². The molecule has 14 heavy (non-hydrogen) atoms. The van der Waals surface area contributed by atoms with Gasteiger partial charge in [0.2, 0.25) is 0 Å². The molecule has 0 saturated carbocycles. The number of benzene rings is 1. The Kier molecular flexibility index (Phi) is 2.44. The van der Waals surface area contributed by atoms with E-state index < -0.39 is 0 Å². The predicted molar refractivity (Wildman–Crippen MR) is 54.2 cm³/mol. The van der Waals surface area contributed by atoms with E-state index in [2.05, 4.69) is 0 Å². The third-order valence-corrected chi connectivity index (χ3v) is 2.58. The molecule has 1 aliphatic heterocycles. The molecule has 3 N–H and O–H groups in total. The Morgan fingerprint density at radius 3 is 3.07 bits per heavy atom. The van der Waals surface area contributed by atoms with Crippen molar-refractivity contribution in [2.75, 3.05) is 6.61 Å². The van der Waals surface area contributed by atoms with Crippen LogP contribution in [0.15, 0.2) is 18.2 Å². The summed E-state index contributed by atoms with van der Waals surface area (Å²) in [6.45, 7) is 2.06. The molecular formula is C11H15NO2. The van der Waals surface area contributed by atoms with Crippen molar-refractivity contribution in [2.24, 2.45) is 5.73 Å². The van der Waals surface area contributed by atoms with Crippen LogP contribution in [-0.2, 0) is 0 Å². The van der Waals surface area contributed by atoms with E-state index in [0.717, 1.165) is 11.3 Å². The molecule has 3 nitrogen and oxygen atoms in total. The Balaban J connectivity index is 2.35. The number of fused-ring (bicyclic) bond motifs is 1. The smallest absolute Gasteiger partial charge is 0.124 e. The van der Waals surface area contributed by atoms with Gasteiger partial charge in [0.05, 0.1) is 6.61 Å². The van der Waals surface area contributed by atoms with Crippen LogP contribution in [0.2, 0.25) is 0 Å². The maximum atomic E-state index is 9.01. The fourth-order valence-corrected chi connectivity index (χ4v) is 1.81. The van der Waals surface area contributed by atoms with Gasteiger partial charge in [0.25, 0.3) is 0 Å². The van der Waals surface area contributed by atoms with Gasteiger partial charge in [-0.15, -0.1) is 0 Å². The van der Waals surface area contributed by atoms with E-state index in [9.17, 15) is 0 Å². The molecule has 0 spiro atoms. The van der Waals surface area contributed by atoms with E-state index in [-0.39, 0.29) is 18.8 Å². The van der Waals surface area contributed by atoms with Crippen molar-refractivity contribution in [3.05, 3.63) is 29.3 Å². The summed E-state index contributed by atoms with van der Waals surface area (Å²) in [4.78, 5) is 0. The second-order valence-corrected chi connectivity index (χ2v) is 3.81. The normalized spacial score (nSPS) is 25.4. The highest BCUT2D eigenvalue weighted by atomic mass is 16.5.